The molecule has 1 aromatic carbocycles. The highest BCUT2D eigenvalue weighted by molar-refractivity contribution is 7.14. The number of anilines is 1. The molecule has 23 heavy (non-hydrogen) atoms. The van der Waals surface area contributed by atoms with Crippen molar-refractivity contribution in [3.63, 3.8) is 0 Å². The van der Waals surface area contributed by atoms with Gasteiger partial charge in [0, 0.05) is 11.6 Å². The van der Waals surface area contributed by atoms with E-state index in [2.05, 4.69) is 29.2 Å². The van der Waals surface area contributed by atoms with Gasteiger partial charge in [-0.3, -0.25) is 9.59 Å². The van der Waals surface area contributed by atoms with Crippen LogP contribution in [0.2, 0.25) is 0 Å². The molecule has 5 rings (SSSR count). The predicted octanol–water partition coefficient (Wildman–Crippen LogP) is 3.07. The zero-order valence-electron chi connectivity index (χ0n) is 12.5. The van der Waals surface area contributed by atoms with Crippen LogP contribution in [-0.4, -0.2) is 16.8 Å². The Morgan fingerprint density at radius 1 is 1.04 bits per heavy atom. The fraction of sp³-hybridized carbons (Fsp3) is 0.389. The van der Waals surface area contributed by atoms with Gasteiger partial charge in [-0.25, -0.2) is 9.88 Å². The lowest BCUT2D eigenvalue weighted by Crippen LogP contribution is -2.32. The second kappa shape index (κ2) is 4.74. The maximum absolute atomic E-state index is 12.9. The van der Waals surface area contributed by atoms with Crippen molar-refractivity contribution in [2.45, 2.75) is 18.8 Å². The minimum absolute atomic E-state index is 0.0195. The molecule has 1 aliphatic heterocycles. The highest BCUT2D eigenvalue weighted by atomic mass is 32.1. The van der Waals surface area contributed by atoms with E-state index in [9.17, 15) is 9.59 Å². The summed E-state index contributed by atoms with van der Waals surface area (Å²) < 4.78 is 0. The lowest BCUT2D eigenvalue weighted by Gasteiger charge is -2.28. The number of rotatable bonds is 2. The van der Waals surface area contributed by atoms with Crippen molar-refractivity contribution in [2.24, 2.45) is 23.7 Å². The molecule has 3 fully saturated rings. The van der Waals surface area contributed by atoms with Crippen LogP contribution in [0.4, 0.5) is 5.13 Å². The lowest BCUT2D eigenvalue weighted by atomic mass is 9.73. The van der Waals surface area contributed by atoms with Crippen LogP contribution in [-0.2, 0) is 9.59 Å². The van der Waals surface area contributed by atoms with E-state index < -0.39 is 0 Å². The second-order valence-corrected chi connectivity index (χ2v) is 7.66. The number of hydrogen-bond donors (Lipinski definition) is 0. The molecule has 3 aliphatic rings. The van der Waals surface area contributed by atoms with Crippen molar-refractivity contribution in [2.75, 3.05) is 4.90 Å². The molecule has 2 saturated carbocycles. The number of nitrogens with zero attached hydrogens (tertiary/aromatic N) is 2. The minimum atomic E-state index is -0.143. The van der Waals surface area contributed by atoms with Gasteiger partial charge in [-0.05, 0) is 36.2 Å². The van der Waals surface area contributed by atoms with Crippen LogP contribution in [0.15, 0.2) is 41.9 Å². The van der Waals surface area contributed by atoms with Crippen LogP contribution < -0.4 is 4.90 Å². The van der Waals surface area contributed by atoms with E-state index >= 15 is 0 Å². The van der Waals surface area contributed by atoms with E-state index in [1.807, 2.05) is 11.4 Å². The van der Waals surface area contributed by atoms with Crippen LogP contribution in [0, 0.1) is 23.7 Å². The molecule has 2 amide bonds. The average molecular weight is 324 g/mol. The summed E-state index contributed by atoms with van der Waals surface area (Å²) in [5, 5.41) is 2.34. The molecule has 5 heteroatoms. The molecular formula is C18H16N2O2S. The van der Waals surface area contributed by atoms with Crippen molar-refractivity contribution >= 4 is 28.3 Å². The summed E-state index contributed by atoms with van der Waals surface area (Å²) in [6, 6.07) is 10.4. The smallest absolute Gasteiger partial charge is 0.239 e. The summed E-state index contributed by atoms with van der Waals surface area (Å²) in [4.78, 5) is 31.3. The zero-order valence-corrected chi connectivity index (χ0v) is 13.3. The standard InChI is InChI=1S/C18H16N2O2S/c21-16-14-11-8-12(10-4-2-1-3-5-10)13(9-11)15(14)17(22)20(16)18-19-6-7-23-18/h1-7,11-15H,8-9H2/t11-,12+,13-,14-,15+/m1/s1. The molecule has 2 aromatic rings. The number of benzene rings is 1. The van der Waals surface area contributed by atoms with Crippen molar-refractivity contribution in [3.05, 3.63) is 47.5 Å². The van der Waals surface area contributed by atoms with Gasteiger partial charge in [0.05, 0.1) is 11.8 Å². The van der Waals surface area contributed by atoms with Gasteiger partial charge in [-0.2, -0.15) is 0 Å². The molecule has 1 saturated heterocycles. The first-order valence-corrected chi connectivity index (χ1v) is 8.96. The molecule has 0 spiro atoms. The van der Waals surface area contributed by atoms with Gasteiger partial charge in [0.15, 0.2) is 5.13 Å². The third-order valence-electron chi connectivity index (χ3n) is 5.85. The molecule has 2 heterocycles. The monoisotopic (exact) mass is 324 g/mol. The fourth-order valence-electron chi connectivity index (χ4n) is 5.06. The predicted molar refractivity (Wildman–Crippen MR) is 87.0 cm³/mol. The van der Waals surface area contributed by atoms with Gasteiger partial charge in [0.25, 0.3) is 0 Å². The Balaban J connectivity index is 1.51. The highest BCUT2D eigenvalue weighted by Crippen LogP contribution is 2.61. The van der Waals surface area contributed by atoms with Crippen molar-refractivity contribution in [1.82, 2.24) is 4.98 Å². The van der Waals surface area contributed by atoms with Crippen molar-refractivity contribution in [1.29, 1.82) is 0 Å². The number of hydrogen-bond acceptors (Lipinski definition) is 4. The number of carbonyl (C=O) groups is 2. The van der Waals surface area contributed by atoms with Crippen LogP contribution >= 0.6 is 11.3 Å². The Hall–Kier alpha value is -2.01. The molecule has 0 unspecified atom stereocenters. The SMILES string of the molecule is O=C1[C@@H]2[C@H]3C[C@@H]([C@@H]2C(=O)N1c1nccs1)[C@H](c1ccccc1)C3. The number of amides is 2. The molecule has 2 bridgehead atoms. The second-order valence-electron chi connectivity index (χ2n) is 6.79. The van der Waals surface area contributed by atoms with Crippen LogP contribution in [0.5, 0.6) is 0 Å². The van der Waals surface area contributed by atoms with Gasteiger partial charge in [-0.15, -0.1) is 11.3 Å². The zero-order chi connectivity index (χ0) is 15.6. The van der Waals surface area contributed by atoms with Gasteiger partial charge >= 0.3 is 0 Å². The molecule has 4 nitrogen and oxygen atoms in total. The Kier molecular flexibility index (Phi) is 2.77. The number of imide groups is 1. The Morgan fingerprint density at radius 2 is 1.83 bits per heavy atom. The Morgan fingerprint density at radius 3 is 2.57 bits per heavy atom. The van der Waals surface area contributed by atoms with Crippen molar-refractivity contribution in [3.8, 4) is 0 Å². The number of fused-ring (bicyclic) bond motifs is 5. The van der Waals surface area contributed by atoms with Crippen LogP contribution in [0.25, 0.3) is 0 Å². The molecule has 0 N–H and O–H groups in total. The first-order valence-electron chi connectivity index (χ1n) is 8.08. The van der Waals surface area contributed by atoms with E-state index in [-0.39, 0.29) is 23.7 Å². The summed E-state index contributed by atoms with van der Waals surface area (Å²) in [7, 11) is 0. The van der Waals surface area contributed by atoms with E-state index in [4.69, 9.17) is 0 Å². The topological polar surface area (TPSA) is 50.3 Å². The Bertz CT molecular complexity index is 774. The van der Waals surface area contributed by atoms with Crippen molar-refractivity contribution < 1.29 is 9.59 Å². The summed E-state index contributed by atoms with van der Waals surface area (Å²) in [6.45, 7) is 0. The number of carbonyl (C=O) groups excluding carboxylic acids is 2. The largest absolute Gasteiger partial charge is 0.274 e. The molecule has 1 aromatic heterocycles. The van der Waals surface area contributed by atoms with Gasteiger partial charge in [0.1, 0.15) is 0 Å². The highest BCUT2D eigenvalue weighted by Gasteiger charge is 2.64. The maximum atomic E-state index is 12.9. The third kappa shape index (κ3) is 1.74. The van der Waals surface area contributed by atoms with E-state index in [0.717, 1.165) is 12.8 Å². The Labute approximate surface area is 138 Å². The van der Waals surface area contributed by atoms with Gasteiger partial charge < -0.3 is 0 Å². The van der Waals surface area contributed by atoms with E-state index in [0.29, 0.717) is 22.9 Å². The molecule has 5 atom stereocenters. The molecule has 0 radical (unpaired) electrons. The summed E-state index contributed by atoms with van der Waals surface area (Å²) in [6.07, 6.45) is 3.69. The first kappa shape index (κ1) is 13.4. The number of aromatic nitrogens is 1. The third-order valence-corrected chi connectivity index (χ3v) is 6.61. The lowest BCUT2D eigenvalue weighted by molar-refractivity contribution is -0.123. The summed E-state index contributed by atoms with van der Waals surface area (Å²) in [5.74, 6) is 0.754. The average Bonchev–Trinajstić information content (AvgIpc) is 3.32. The van der Waals surface area contributed by atoms with E-state index in [1.165, 1.54) is 21.8 Å². The quantitative estimate of drug-likeness (QED) is 0.798. The first-order chi connectivity index (χ1) is 11.3. The molecule has 2 aliphatic carbocycles. The summed E-state index contributed by atoms with van der Waals surface area (Å²) >= 11 is 1.36. The molecule has 116 valence electrons. The van der Waals surface area contributed by atoms with Crippen LogP contribution in [0.3, 0.4) is 0 Å². The van der Waals surface area contributed by atoms with E-state index in [1.54, 1.807) is 6.20 Å². The van der Waals surface area contributed by atoms with Gasteiger partial charge in [0.2, 0.25) is 11.8 Å². The summed E-state index contributed by atoms with van der Waals surface area (Å²) in [5.41, 5.74) is 1.31. The normalized spacial score (nSPS) is 35.1. The maximum Gasteiger partial charge on any atom is 0.239 e. The van der Waals surface area contributed by atoms with Crippen LogP contribution in [0.1, 0.15) is 24.3 Å². The molecular weight excluding hydrogens is 308 g/mol. The van der Waals surface area contributed by atoms with Gasteiger partial charge in [-0.1, -0.05) is 30.3 Å². The minimum Gasteiger partial charge on any atom is -0.274 e. The fourth-order valence-corrected chi connectivity index (χ4v) is 5.71. The number of thiazole rings is 1.